The van der Waals surface area contributed by atoms with E-state index in [0.29, 0.717) is 11.3 Å². The van der Waals surface area contributed by atoms with Gasteiger partial charge in [0, 0.05) is 24.5 Å². The number of rotatable bonds is 5. The number of amides is 2. The second kappa shape index (κ2) is 7.89. The van der Waals surface area contributed by atoms with E-state index in [2.05, 4.69) is 15.6 Å². The molecule has 1 heterocycles. The molecule has 0 aliphatic carbocycles. The van der Waals surface area contributed by atoms with Gasteiger partial charge in [-0.25, -0.2) is 0 Å². The topological polar surface area (TPSA) is 71.1 Å². The fraction of sp³-hybridized carbons (Fsp3) is 0.167. The summed E-state index contributed by atoms with van der Waals surface area (Å²) in [5.41, 5.74) is 1.74. The maximum absolute atomic E-state index is 12.1. The number of para-hydroxylation sites is 1. The molecular formula is C18H19N3O2. The van der Waals surface area contributed by atoms with E-state index in [4.69, 9.17) is 0 Å². The van der Waals surface area contributed by atoms with Crippen molar-refractivity contribution in [3.8, 4) is 0 Å². The Hall–Kier alpha value is -2.95. The highest BCUT2D eigenvalue weighted by molar-refractivity contribution is 6.07. The number of anilines is 1. The second-order valence-electron chi connectivity index (χ2n) is 5.28. The highest BCUT2D eigenvalue weighted by Crippen LogP contribution is 2.15. The highest BCUT2D eigenvalue weighted by Gasteiger charge is 2.12. The fourth-order valence-corrected chi connectivity index (χ4v) is 1.95. The van der Waals surface area contributed by atoms with Crippen LogP contribution in [0.5, 0.6) is 0 Å². The van der Waals surface area contributed by atoms with Gasteiger partial charge in [0.2, 0.25) is 5.91 Å². The maximum Gasteiger partial charge on any atom is 0.253 e. The lowest BCUT2D eigenvalue weighted by Gasteiger charge is -2.12. The summed E-state index contributed by atoms with van der Waals surface area (Å²) in [7, 11) is 0. The molecule has 5 nitrogen and oxygen atoms in total. The molecule has 5 heteroatoms. The van der Waals surface area contributed by atoms with Gasteiger partial charge in [-0.1, -0.05) is 18.2 Å². The largest absolute Gasteiger partial charge is 0.350 e. The van der Waals surface area contributed by atoms with E-state index in [9.17, 15) is 9.59 Å². The summed E-state index contributed by atoms with van der Waals surface area (Å²) in [5, 5.41) is 5.54. The minimum absolute atomic E-state index is 0.0248. The molecule has 118 valence electrons. The van der Waals surface area contributed by atoms with Crippen molar-refractivity contribution in [1.82, 2.24) is 10.3 Å². The zero-order valence-corrected chi connectivity index (χ0v) is 13.1. The van der Waals surface area contributed by atoms with Crippen LogP contribution in [-0.2, 0) is 4.79 Å². The molecule has 0 saturated carbocycles. The Balaban J connectivity index is 2.09. The van der Waals surface area contributed by atoms with Gasteiger partial charge in [0.1, 0.15) is 0 Å². The molecular weight excluding hydrogens is 290 g/mol. The molecule has 2 amide bonds. The molecule has 0 aliphatic rings. The van der Waals surface area contributed by atoms with Gasteiger partial charge >= 0.3 is 0 Å². The van der Waals surface area contributed by atoms with Gasteiger partial charge in [0.05, 0.1) is 11.3 Å². The van der Waals surface area contributed by atoms with Crippen molar-refractivity contribution in [3.63, 3.8) is 0 Å². The Labute approximate surface area is 135 Å². The van der Waals surface area contributed by atoms with E-state index in [1.807, 2.05) is 19.9 Å². The Kier molecular flexibility index (Phi) is 5.63. The van der Waals surface area contributed by atoms with Crippen molar-refractivity contribution in [1.29, 1.82) is 0 Å². The lowest BCUT2D eigenvalue weighted by molar-refractivity contribution is -0.111. The number of hydrogen-bond acceptors (Lipinski definition) is 3. The third-order valence-corrected chi connectivity index (χ3v) is 2.96. The highest BCUT2D eigenvalue weighted by atomic mass is 16.2. The van der Waals surface area contributed by atoms with Crippen LogP contribution >= 0.6 is 0 Å². The first kappa shape index (κ1) is 16.4. The van der Waals surface area contributed by atoms with Crippen LogP contribution in [0.3, 0.4) is 0 Å². The van der Waals surface area contributed by atoms with Crippen LogP contribution in [-0.4, -0.2) is 22.8 Å². The number of pyridine rings is 1. The molecule has 2 rings (SSSR count). The SMILES string of the molecule is CC(C)NC(=O)c1ccccc1NC(=O)/C=C\c1cccnc1. The lowest BCUT2D eigenvalue weighted by Crippen LogP contribution is -2.30. The monoisotopic (exact) mass is 309 g/mol. The Morgan fingerprint density at radius 1 is 1.13 bits per heavy atom. The molecule has 1 aromatic carbocycles. The average molecular weight is 309 g/mol. The Morgan fingerprint density at radius 2 is 1.91 bits per heavy atom. The summed E-state index contributed by atoms with van der Waals surface area (Å²) in [4.78, 5) is 28.2. The van der Waals surface area contributed by atoms with Gasteiger partial charge in [-0.15, -0.1) is 0 Å². The zero-order valence-electron chi connectivity index (χ0n) is 13.1. The predicted octanol–water partition coefficient (Wildman–Crippen LogP) is 2.87. The van der Waals surface area contributed by atoms with Crippen LogP contribution in [0.1, 0.15) is 29.8 Å². The summed E-state index contributed by atoms with van der Waals surface area (Å²) in [5.74, 6) is -0.522. The minimum atomic E-state index is -0.307. The molecule has 0 aliphatic heterocycles. The third-order valence-electron chi connectivity index (χ3n) is 2.96. The molecule has 0 radical (unpaired) electrons. The van der Waals surface area contributed by atoms with Crippen LogP contribution < -0.4 is 10.6 Å². The number of benzene rings is 1. The molecule has 0 fully saturated rings. The summed E-state index contributed by atoms with van der Waals surface area (Å²) in [6, 6.07) is 10.6. The van der Waals surface area contributed by atoms with E-state index in [0.717, 1.165) is 5.56 Å². The first-order valence-corrected chi connectivity index (χ1v) is 7.35. The van der Waals surface area contributed by atoms with E-state index in [1.54, 1.807) is 48.8 Å². The maximum atomic E-state index is 12.1. The molecule has 1 aromatic heterocycles. The van der Waals surface area contributed by atoms with E-state index in [-0.39, 0.29) is 17.9 Å². The molecule has 2 N–H and O–H groups in total. The lowest BCUT2D eigenvalue weighted by atomic mass is 10.1. The molecule has 0 spiro atoms. The van der Waals surface area contributed by atoms with Crippen LogP contribution in [0.15, 0.2) is 54.9 Å². The van der Waals surface area contributed by atoms with Gasteiger partial charge < -0.3 is 10.6 Å². The third kappa shape index (κ3) is 5.07. The van der Waals surface area contributed by atoms with Crippen molar-refractivity contribution in [2.45, 2.75) is 19.9 Å². The van der Waals surface area contributed by atoms with Crippen LogP contribution in [0.25, 0.3) is 6.08 Å². The van der Waals surface area contributed by atoms with Crippen molar-refractivity contribution >= 4 is 23.6 Å². The van der Waals surface area contributed by atoms with Gasteiger partial charge in [-0.2, -0.15) is 0 Å². The Bertz CT molecular complexity index is 709. The minimum Gasteiger partial charge on any atom is -0.350 e. The fourth-order valence-electron chi connectivity index (χ4n) is 1.95. The van der Waals surface area contributed by atoms with Gasteiger partial charge in [-0.3, -0.25) is 14.6 Å². The van der Waals surface area contributed by atoms with Crippen molar-refractivity contribution in [3.05, 3.63) is 66.0 Å². The number of carbonyl (C=O) groups is 2. The molecule has 0 saturated heterocycles. The Morgan fingerprint density at radius 3 is 2.61 bits per heavy atom. The average Bonchev–Trinajstić information content (AvgIpc) is 2.54. The number of nitrogens with one attached hydrogen (secondary N) is 2. The normalized spacial score (nSPS) is 10.7. The number of aromatic nitrogens is 1. The quantitative estimate of drug-likeness (QED) is 0.834. The van der Waals surface area contributed by atoms with E-state index < -0.39 is 0 Å². The van der Waals surface area contributed by atoms with E-state index >= 15 is 0 Å². The summed E-state index contributed by atoms with van der Waals surface area (Å²) in [6.07, 6.45) is 6.40. The van der Waals surface area contributed by atoms with E-state index in [1.165, 1.54) is 6.08 Å². The molecule has 23 heavy (non-hydrogen) atoms. The second-order valence-corrected chi connectivity index (χ2v) is 5.28. The van der Waals surface area contributed by atoms with Gasteiger partial charge in [0.15, 0.2) is 0 Å². The summed E-state index contributed by atoms with van der Waals surface area (Å²) in [6.45, 7) is 3.77. The summed E-state index contributed by atoms with van der Waals surface area (Å²) < 4.78 is 0. The van der Waals surface area contributed by atoms with Gasteiger partial charge in [0.25, 0.3) is 5.91 Å². The molecule has 0 unspecified atom stereocenters. The first-order valence-electron chi connectivity index (χ1n) is 7.35. The van der Waals surface area contributed by atoms with Crippen LogP contribution in [0.4, 0.5) is 5.69 Å². The van der Waals surface area contributed by atoms with Crippen LogP contribution in [0, 0.1) is 0 Å². The zero-order chi connectivity index (χ0) is 16.7. The van der Waals surface area contributed by atoms with Crippen molar-refractivity contribution in [2.75, 3.05) is 5.32 Å². The smallest absolute Gasteiger partial charge is 0.253 e. The number of carbonyl (C=O) groups excluding carboxylic acids is 2. The van der Waals surface area contributed by atoms with Crippen molar-refractivity contribution in [2.24, 2.45) is 0 Å². The van der Waals surface area contributed by atoms with Crippen LogP contribution in [0.2, 0.25) is 0 Å². The number of nitrogens with zero attached hydrogens (tertiary/aromatic N) is 1. The molecule has 0 atom stereocenters. The first-order chi connectivity index (χ1) is 11.1. The summed E-state index contributed by atoms with van der Waals surface area (Å²) >= 11 is 0. The standard InChI is InChI=1S/C18H19N3O2/c1-13(2)20-18(23)15-7-3-4-8-16(15)21-17(22)10-9-14-6-5-11-19-12-14/h3-13H,1-2H3,(H,20,23)(H,21,22)/b10-9-. The number of hydrogen-bond donors (Lipinski definition) is 2. The van der Waals surface area contributed by atoms with Crippen molar-refractivity contribution < 1.29 is 9.59 Å². The van der Waals surface area contributed by atoms with Gasteiger partial charge in [-0.05, 0) is 43.7 Å². The molecule has 2 aromatic rings. The molecule has 0 bridgehead atoms. The predicted molar refractivity (Wildman–Crippen MR) is 90.9 cm³/mol.